The number of nitrogens with one attached hydrogen (secondary N) is 2. The molecular weight excluding hydrogens is 250 g/mol. The molecular formula is C12H21N3O4. The highest BCUT2D eigenvalue weighted by atomic mass is 16.5. The van der Waals surface area contributed by atoms with Crippen LogP contribution in [0.5, 0.6) is 0 Å². The molecule has 0 aliphatic carbocycles. The van der Waals surface area contributed by atoms with Crippen molar-refractivity contribution in [1.29, 1.82) is 0 Å². The van der Waals surface area contributed by atoms with Gasteiger partial charge in [0.15, 0.2) is 0 Å². The van der Waals surface area contributed by atoms with Gasteiger partial charge >= 0.3 is 6.03 Å². The minimum Gasteiger partial charge on any atom is -0.356 e. The fourth-order valence-electron chi connectivity index (χ4n) is 1.98. The number of rotatable bonds is 0. The third kappa shape index (κ3) is 5.69. The minimum absolute atomic E-state index is 0.0108. The number of carbonyl (C=O) groups is 3. The molecule has 1 fully saturated rings. The van der Waals surface area contributed by atoms with Gasteiger partial charge in [0, 0.05) is 25.9 Å². The lowest BCUT2D eigenvalue weighted by atomic mass is 10.1. The van der Waals surface area contributed by atoms with Crippen LogP contribution in [0.1, 0.15) is 44.9 Å². The predicted molar refractivity (Wildman–Crippen MR) is 67.4 cm³/mol. The van der Waals surface area contributed by atoms with Crippen LogP contribution in [0.2, 0.25) is 0 Å². The molecule has 0 aromatic carbocycles. The topological polar surface area (TPSA) is 98.7 Å². The monoisotopic (exact) mass is 271 g/mol. The zero-order chi connectivity index (χ0) is 14.1. The van der Waals surface area contributed by atoms with Crippen molar-refractivity contribution >= 4 is 17.8 Å². The maximum Gasteiger partial charge on any atom is 0.347 e. The van der Waals surface area contributed by atoms with Gasteiger partial charge in [-0.05, 0) is 32.1 Å². The Hall–Kier alpha value is -1.63. The standard InChI is InChI=1S/C12H21N3O4/c16-10-6-2-3-7-11(17)15(12(18)14-19)9-5-1-4-8-13-10/h19H,1-9H2,(H,13,16)(H,14,18). The second-order valence-electron chi connectivity index (χ2n) is 4.58. The summed E-state index contributed by atoms with van der Waals surface area (Å²) in [7, 11) is 0. The Morgan fingerprint density at radius 1 is 1.11 bits per heavy atom. The smallest absolute Gasteiger partial charge is 0.347 e. The molecule has 108 valence electrons. The summed E-state index contributed by atoms with van der Waals surface area (Å²) in [5.41, 5.74) is 1.50. The summed E-state index contributed by atoms with van der Waals surface area (Å²) < 4.78 is 0. The van der Waals surface area contributed by atoms with E-state index in [2.05, 4.69) is 5.32 Å². The Morgan fingerprint density at radius 2 is 1.84 bits per heavy atom. The number of carbonyl (C=O) groups excluding carboxylic acids is 3. The van der Waals surface area contributed by atoms with Crippen LogP contribution in [0, 0.1) is 0 Å². The molecule has 3 N–H and O–H groups in total. The van der Waals surface area contributed by atoms with E-state index in [1.807, 2.05) is 0 Å². The second-order valence-corrected chi connectivity index (χ2v) is 4.58. The van der Waals surface area contributed by atoms with Crippen molar-refractivity contribution in [1.82, 2.24) is 15.7 Å². The summed E-state index contributed by atoms with van der Waals surface area (Å²) in [6.45, 7) is 0.915. The van der Waals surface area contributed by atoms with Crippen LogP contribution >= 0.6 is 0 Å². The molecule has 0 spiro atoms. The van der Waals surface area contributed by atoms with E-state index in [0.717, 1.165) is 17.7 Å². The van der Waals surface area contributed by atoms with Gasteiger partial charge in [0.05, 0.1) is 0 Å². The van der Waals surface area contributed by atoms with Gasteiger partial charge in [0.2, 0.25) is 11.8 Å². The van der Waals surface area contributed by atoms with E-state index in [4.69, 9.17) is 5.21 Å². The molecule has 4 amide bonds. The summed E-state index contributed by atoms with van der Waals surface area (Å²) in [6, 6.07) is -0.783. The highest BCUT2D eigenvalue weighted by Crippen LogP contribution is 2.07. The van der Waals surface area contributed by atoms with E-state index in [1.54, 1.807) is 0 Å². The molecule has 1 heterocycles. The molecule has 0 radical (unpaired) electrons. The number of hydrogen-bond donors (Lipinski definition) is 3. The SMILES string of the molecule is O=C1CCCCC(=O)N(C(=O)NO)CCCCCN1. The highest BCUT2D eigenvalue weighted by Gasteiger charge is 2.20. The summed E-state index contributed by atoms with van der Waals surface area (Å²) >= 11 is 0. The Bertz CT molecular complexity index is 333. The summed E-state index contributed by atoms with van der Waals surface area (Å²) in [6.07, 6.45) is 4.07. The number of amides is 4. The van der Waals surface area contributed by atoms with Crippen LogP contribution < -0.4 is 10.8 Å². The Morgan fingerprint density at radius 3 is 2.58 bits per heavy atom. The molecule has 0 aromatic rings. The molecule has 1 rings (SSSR count). The number of hydrogen-bond acceptors (Lipinski definition) is 4. The summed E-state index contributed by atoms with van der Waals surface area (Å²) in [4.78, 5) is 35.7. The molecule has 7 heteroatoms. The Balaban J connectivity index is 2.56. The number of nitrogens with zero attached hydrogens (tertiary/aromatic N) is 1. The van der Waals surface area contributed by atoms with Gasteiger partial charge in [-0.2, -0.15) is 0 Å². The lowest BCUT2D eigenvalue weighted by Gasteiger charge is -2.19. The van der Waals surface area contributed by atoms with Gasteiger partial charge in [0.1, 0.15) is 0 Å². The maximum absolute atomic E-state index is 11.9. The lowest BCUT2D eigenvalue weighted by molar-refractivity contribution is -0.129. The fraction of sp³-hybridized carbons (Fsp3) is 0.750. The molecule has 0 saturated carbocycles. The number of imide groups is 1. The minimum atomic E-state index is -0.783. The van der Waals surface area contributed by atoms with Crippen LogP contribution in [0.15, 0.2) is 0 Å². The first-order valence-electron chi connectivity index (χ1n) is 6.66. The van der Waals surface area contributed by atoms with E-state index in [1.165, 1.54) is 5.48 Å². The average molecular weight is 271 g/mol. The van der Waals surface area contributed by atoms with Crippen LogP contribution in [0.3, 0.4) is 0 Å². The third-order valence-electron chi connectivity index (χ3n) is 3.07. The molecule has 19 heavy (non-hydrogen) atoms. The van der Waals surface area contributed by atoms with E-state index in [-0.39, 0.29) is 18.2 Å². The van der Waals surface area contributed by atoms with E-state index in [9.17, 15) is 14.4 Å². The maximum atomic E-state index is 11.9. The normalized spacial score (nSPS) is 19.7. The summed E-state index contributed by atoms with van der Waals surface area (Å²) in [5, 5.41) is 11.4. The van der Waals surface area contributed by atoms with Crippen molar-refractivity contribution in [2.45, 2.75) is 44.9 Å². The zero-order valence-corrected chi connectivity index (χ0v) is 11.0. The quantitative estimate of drug-likeness (QED) is 0.447. The van der Waals surface area contributed by atoms with Crippen molar-refractivity contribution in [3.05, 3.63) is 0 Å². The van der Waals surface area contributed by atoms with E-state index >= 15 is 0 Å². The Kier molecular flexibility index (Phi) is 6.88. The average Bonchev–Trinajstić information content (AvgIpc) is 2.42. The first-order chi connectivity index (χ1) is 9.15. The van der Waals surface area contributed by atoms with Gasteiger partial charge in [-0.3, -0.25) is 19.7 Å². The number of urea groups is 1. The first-order valence-corrected chi connectivity index (χ1v) is 6.66. The van der Waals surface area contributed by atoms with E-state index in [0.29, 0.717) is 38.8 Å². The molecule has 0 atom stereocenters. The van der Waals surface area contributed by atoms with Crippen LogP contribution in [0.25, 0.3) is 0 Å². The molecule has 0 bridgehead atoms. The van der Waals surface area contributed by atoms with Crippen molar-refractivity contribution in [3.8, 4) is 0 Å². The first kappa shape index (κ1) is 15.4. The van der Waals surface area contributed by atoms with Crippen LogP contribution in [-0.4, -0.2) is 41.0 Å². The van der Waals surface area contributed by atoms with Gasteiger partial charge in [-0.15, -0.1) is 0 Å². The Labute approximate surface area is 112 Å². The van der Waals surface area contributed by atoms with Crippen molar-refractivity contribution < 1.29 is 19.6 Å². The van der Waals surface area contributed by atoms with Crippen LogP contribution in [-0.2, 0) is 9.59 Å². The molecule has 1 aliphatic rings. The van der Waals surface area contributed by atoms with Crippen molar-refractivity contribution in [3.63, 3.8) is 0 Å². The van der Waals surface area contributed by atoms with E-state index < -0.39 is 6.03 Å². The van der Waals surface area contributed by atoms with Gasteiger partial charge in [-0.1, -0.05) is 0 Å². The molecule has 1 saturated heterocycles. The highest BCUT2D eigenvalue weighted by molar-refractivity contribution is 5.93. The van der Waals surface area contributed by atoms with Gasteiger partial charge in [0.25, 0.3) is 0 Å². The second kappa shape index (κ2) is 8.47. The summed E-state index contributed by atoms with van der Waals surface area (Å²) in [5.74, 6) is -0.303. The molecule has 1 aliphatic heterocycles. The fourth-order valence-corrected chi connectivity index (χ4v) is 1.98. The predicted octanol–water partition coefficient (Wildman–Crippen LogP) is 0.774. The van der Waals surface area contributed by atoms with Crippen molar-refractivity contribution in [2.24, 2.45) is 0 Å². The number of hydroxylamine groups is 1. The molecule has 7 nitrogen and oxygen atoms in total. The van der Waals surface area contributed by atoms with Gasteiger partial charge in [-0.25, -0.2) is 10.3 Å². The largest absolute Gasteiger partial charge is 0.356 e. The van der Waals surface area contributed by atoms with Crippen molar-refractivity contribution in [2.75, 3.05) is 13.1 Å². The molecule has 0 aromatic heterocycles. The van der Waals surface area contributed by atoms with Gasteiger partial charge < -0.3 is 5.32 Å². The zero-order valence-electron chi connectivity index (χ0n) is 11.0. The lowest BCUT2D eigenvalue weighted by Crippen LogP contribution is -2.43. The third-order valence-corrected chi connectivity index (χ3v) is 3.07. The molecule has 0 unspecified atom stereocenters. The van der Waals surface area contributed by atoms with Crippen LogP contribution in [0.4, 0.5) is 4.79 Å².